The molecule has 0 aliphatic carbocycles. The Morgan fingerprint density at radius 2 is 2.11 bits per heavy atom. The number of hydrogen-bond acceptors (Lipinski definition) is 3. The van der Waals surface area contributed by atoms with E-state index in [2.05, 4.69) is 46.0 Å². The number of pyridine rings is 1. The number of rotatable bonds is 3. The zero-order chi connectivity index (χ0) is 12.4. The van der Waals surface area contributed by atoms with Gasteiger partial charge in [-0.3, -0.25) is 4.98 Å². The van der Waals surface area contributed by atoms with E-state index in [0.717, 1.165) is 12.1 Å². The van der Waals surface area contributed by atoms with Crippen molar-refractivity contribution < 1.29 is 0 Å². The lowest BCUT2D eigenvalue weighted by molar-refractivity contribution is 0.821. The van der Waals surface area contributed by atoms with Gasteiger partial charge in [-0.1, -0.05) is 24.3 Å². The van der Waals surface area contributed by atoms with Crippen molar-refractivity contribution in [1.82, 2.24) is 10.3 Å². The van der Waals surface area contributed by atoms with Crippen LogP contribution in [0.15, 0.2) is 48.0 Å². The van der Waals surface area contributed by atoms with Gasteiger partial charge in [-0.25, -0.2) is 0 Å². The van der Waals surface area contributed by atoms with Crippen LogP contribution in [0.4, 0.5) is 0 Å². The van der Waals surface area contributed by atoms with Crippen LogP contribution in [0.2, 0.25) is 0 Å². The number of para-hydroxylation sites is 1. The summed E-state index contributed by atoms with van der Waals surface area (Å²) in [5.74, 6) is 0. The molecule has 0 fully saturated rings. The van der Waals surface area contributed by atoms with Gasteiger partial charge in [0, 0.05) is 28.6 Å². The molecule has 0 amide bonds. The molecule has 2 aromatic heterocycles. The van der Waals surface area contributed by atoms with Gasteiger partial charge in [-0.15, -0.1) is 11.3 Å². The van der Waals surface area contributed by atoms with Crippen molar-refractivity contribution in [2.24, 2.45) is 0 Å². The lowest BCUT2D eigenvalue weighted by atomic mass is 10.1. The van der Waals surface area contributed by atoms with Gasteiger partial charge in [0.15, 0.2) is 0 Å². The summed E-state index contributed by atoms with van der Waals surface area (Å²) < 4.78 is 0. The first-order valence-corrected chi connectivity index (χ1v) is 6.82. The minimum atomic E-state index is 0.911. The molecule has 2 heterocycles. The van der Waals surface area contributed by atoms with Gasteiger partial charge in [0.1, 0.15) is 0 Å². The van der Waals surface area contributed by atoms with E-state index >= 15 is 0 Å². The van der Waals surface area contributed by atoms with Crippen LogP contribution in [0.1, 0.15) is 5.56 Å². The summed E-state index contributed by atoms with van der Waals surface area (Å²) in [7, 11) is 1.97. The topological polar surface area (TPSA) is 24.9 Å². The quantitative estimate of drug-likeness (QED) is 0.771. The van der Waals surface area contributed by atoms with Crippen LogP contribution < -0.4 is 5.32 Å². The highest BCUT2D eigenvalue weighted by Crippen LogP contribution is 2.31. The van der Waals surface area contributed by atoms with E-state index in [4.69, 9.17) is 0 Å². The van der Waals surface area contributed by atoms with Crippen LogP contribution >= 0.6 is 11.3 Å². The van der Waals surface area contributed by atoms with Gasteiger partial charge in [0.2, 0.25) is 0 Å². The van der Waals surface area contributed by atoms with Crippen LogP contribution in [0.5, 0.6) is 0 Å². The van der Waals surface area contributed by atoms with E-state index in [1.54, 1.807) is 11.3 Å². The summed E-state index contributed by atoms with van der Waals surface area (Å²) in [6.07, 6.45) is 1.86. The average Bonchev–Trinajstić information content (AvgIpc) is 2.87. The maximum absolute atomic E-state index is 4.50. The van der Waals surface area contributed by atoms with Crippen molar-refractivity contribution in [3.05, 3.63) is 53.5 Å². The highest BCUT2D eigenvalue weighted by molar-refractivity contribution is 7.13. The van der Waals surface area contributed by atoms with Crippen molar-refractivity contribution in [3.8, 4) is 10.4 Å². The molecule has 1 N–H and O–H groups in total. The fourth-order valence-electron chi connectivity index (χ4n) is 2.12. The largest absolute Gasteiger partial charge is 0.316 e. The van der Waals surface area contributed by atoms with Gasteiger partial charge >= 0.3 is 0 Å². The molecule has 3 heteroatoms. The molecule has 0 aliphatic heterocycles. The minimum absolute atomic E-state index is 0.911. The summed E-state index contributed by atoms with van der Waals surface area (Å²) >= 11 is 1.78. The zero-order valence-electron chi connectivity index (χ0n) is 10.2. The first-order valence-electron chi connectivity index (χ1n) is 5.94. The number of hydrogen-bond donors (Lipinski definition) is 1. The van der Waals surface area contributed by atoms with Crippen molar-refractivity contribution in [2.75, 3.05) is 7.05 Å². The Bertz CT molecular complexity index is 668. The fourth-order valence-corrected chi connectivity index (χ4v) is 3.06. The molecule has 0 saturated carbocycles. The van der Waals surface area contributed by atoms with Crippen molar-refractivity contribution >= 4 is 22.2 Å². The van der Waals surface area contributed by atoms with Gasteiger partial charge in [-0.05, 0) is 30.1 Å². The molecule has 0 spiro atoms. The Morgan fingerprint density at radius 3 is 3.00 bits per heavy atom. The van der Waals surface area contributed by atoms with Crippen LogP contribution in [-0.4, -0.2) is 12.0 Å². The summed E-state index contributed by atoms with van der Waals surface area (Å²) in [6.45, 7) is 0.911. The lowest BCUT2D eigenvalue weighted by Crippen LogP contribution is -2.03. The number of benzene rings is 1. The monoisotopic (exact) mass is 254 g/mol. The fraction of sp³-hybridized carbons (Fsp3) is 0.133. The van der Waals surface area contributed by atoms with Gasteiger partial charge < -0.3 is 5.32 Å². The van der Waals surface area contributed by atoms with Gasteiger partial charge in [-0.2, -0.15) is 0 Å². The molecule has 3 rings (SSSR count). The predicted molar refractivity (Wildman–Crippen MR) is 77.8 cm³/mol. The normalized spacial score (nSPS) is 10.9. The second-order valence-corrected chi connectivity index (χ2v) is 5.14. The van der Waals surface area contributed by atoms with Gasteiger partial charge in [0.25, 0.3) is 0 Å². The van der Waals surface area contributed by atoms with E-state index in [9.17, 15) is 0 Å². The molecule has 0 aliphatic rings. The molecule has 90 valence electrons. The standard InChI is InChI=1S/C15H14N2S/c1-16-9-11-8-14(18-10-11)13-6-2-4-12-5-3-7-17-15(12)13/h2-8,10,16H,9H2,1H3. The third kappa shape index (κ3) is 2.03. The SMILES string of the molecule is CNCc1csc(-c2cccc3cccnc23)c1. The lowest BCUT2D eigenvalue weighted by Gasteiger charge is -2.02. The zero-order valence-corrected chi connectivity index (χ0v) is 11.0. The van der Waals surface area contributed by atoms with Crippen LogP contribution in [0.3, 0.4) is 0 Å². The number of thiophene rings is 1. The average molecular weight is 254 g/mol. The van der Waals surface area contributed by atoms with Crippen molar-refractivity contribution in [2.45, 2.75) is 6.54 Å². The third-order valence-corrected chi connectivity index (χ3v) is 3.95. The Labute approximate surface area is 110 Å². The summed E-state index contributed by atoms with van der Waals surface area (Å²) in [4.78, 5) is 5.79. The smallest absolute Gasteiger partial charge is 0.0788 e. The molecule has 0 bridgehead atoms. The minimum Gasteiger partial charge on any atom is -0.316 e. The number of nitrogens with one attached hydrogen (secondary N) is 1. The Hall–Kier alpha value is -1.71. The number of nitrogens with zero attached hydrogens (tertiary/aromatic N) is 1. The molecule has 0 unspecified atom stereocenters. The van der Waals surface area contributed by atoms with E-state index in [1.807, 2.05) is 19.3 Å². The maximum Gasteiger partial charge on any atom is 0.0788 e. The Balaban J connectivity index is 2.12. The van der Waals surface area contributed by atoms with E-state index in [0.29, 0.717) is 0 Å². The third-order valence-electron chi connectivity index (χ3n) is 2.93. The van der Waals surface area contributed by atoms with Crippen molar-refractivity contribution in [1.29, 1.82) is 0 Å². The molecule has 18 heavy (non-hydrogen) atoms. The van der Waals surface area contributed by atoms with Crippen LogP contribution in [0.25, 0.3) is 21.3 Å². The molecular weight excluding hydrogens is 240 g/mol. The summed E-state index contributed by atoms with van der Waals surface area (Å²) in [5.41, 5.74) is 3.63. The first kappa shape index (κ1) is 11.4. The van der Waals surface area contributed by atoms with E-state index < -0.39 is 0 Å². The predicted octanol–water partition coefficient (Wildman–Crippen LogP) is 3.68. The van der Waals surface area contributed by atoms with Crippen molar-refractivity contribution in [3.63, 3.8) is 0 Å². The second-order valence-electron chi connectivity index (χ2n) is 4.23. The Morgan fingerprint density at radius 1 is 1.22 bits per heavy atom. The molecular formula is C15H14N2S. The summed E-state index contributed by atoms with van der Waals surface area (Å²) in [6, 6.07) is 12.7. The van der Waals surface area contributed by atoms with Gasteiger partial charge in [0.05, 0.1) is 5.52 Å². The highest BCUT2D eigenvalue weighted by atomic mass is 32.1. The van der Waals surface area contributed by atoms with Crippen LogP contribution in [-0.2, 0) is 6.54 Å². The molecule has 0 saturated heterocycles. The molecule has 3 aromatic rings. The number of fused-ring (bicyclic) bond motifs is 1. The van der Waals surface area contributed by atoms with E-state index in [-0.39, 0.29) is 0 Å². The second kappa shape index (κ2) is 4.88. The highest BCUT2D eigenvalue weighted by Gasteiger charge is 2.07. The molecule has 0 atom stereocenters. The summed E-state index contributed by atoms with van der Waals surface area (Å²) in [5, 5.41) is 6.57. The molecule has 2 nitrogen and oxygen atoms in total. The Kier molecular flexibility index (Phi) is 3.09. The molecule has 0 radical (unpaired) electrons. The maximum atomic E-state index is 4.50. The number of aromatic nitrogens is 1. The first-order chi connectivity index (χ1) is 8.88. The molecule has 1 aromatic carbocycles. The van der Waals surface area contributed by atoms with E-state index in [1.165, 1.54) is 21.4 Å². The van der Waals surface area contributed by atoms with Crippen LogP contribution in [0, 0.1) is 0 Å².